The Balaban J connectivity index is 2.05. The highest BCUT2D eigenvalue weighted by atomic mass is 32.1. The molecular formula is C15H27N3S. The van der Waals surface area contributed by atoms with Gasteiger partial charge in [0.25, 0.3) is 0 Å². The molecular weight excluding hydrogens is 254 g/mol. The first kappa shape index (κ1) is 15.0. The molecule has 2 atom stereocenters. The first-order valence-electron chi connectivity index (χ1n) is 7.29. The van der Waals surface area contributed by atoms with E-state index in [0.717, 1.165) is 26.2 Å². The van der Waals surface area contributed by atoms with Crippen LogP contribution in [0.15, 0.2) is 12.1 Å². The van der Waals surface area contributed by atoms with E-state index in [1.807, 2.05) is 11.3 Å². The standard InChI is InChI=1S/C15H27N3S/c1-11(2)17-7-9-18(10-8-17)15(13(4)16)14-6-5-12(3)19-14/h5-6,11,13,15H,7-10,16H2,1-4H3. The average Bonchev–Trinajstić information content (AvgIpc) is 2.76. The van der Waals surface area contributed by atoms with E-state index in [0.29, 0.717) is 12.1 Å². The van der Waals surface area contributed by atoms with E-state index in [-0.39, 0.29) is 6.04 Å². The number of hydrogen-bond acceptors (Lipinski definition) is 4. The second-order valence-corrected chi connectivity index (χ2v) is 7.24. The molecule has 1 aromatic heterocycles. The Bertz CT molecular complexity index is 392. The molecule has 0 bridgehead atoms. The summed E-state index contributed by atoms with van der Waals surface area (Å²) < 4.78 is 0. The Hall–Kier alpha value is -0.420. The molecule has 0 saturated carbocycles. The van der Waals surface area contributed by atoms with Crippen molar-refractivity contribution in [3.8, 4) is 0 Å². The summed E-state index contributed by atoms with van der Waals surface area (Å²) in [5.41, 5.74) is 6.25. The SMILES string of the molecule is Cc1ccc(C(C(C)N)N2CCN(C(C)C)CC2)s1. The number of aryl methyl sites for hydroxylation is 1. The second kappa shape index (κ2) is 6.35. The maximum atomic E-state index is 6.25. The van der Waals surface area contributed by atoms with Crippen LogP contribution in [0.1, 0.15) is 36.6 Å². The van der Waals surface area contributed by atoms with Crippen molar-refractivity contribution in [1.82, 2.24) is 9.80 Å². The van der Waals surface area contributed by atoms with Gasteiger partial charge in [-0.25, -0.2) is 0 Å². The lowest BCUT2D eigenvalue weighted by atomic mass is 10.1. The van der Waals surface area contributed by atoms with E-state index < -0.39 is 0 Å². The molecule has 1 aliphatic rings. The topological polar surface area (TPSA) is 32.5 Å². The molecule has 2 rings (SSSR count). The zero-order chi connectivity index (χ0) is 14.0. The predicted octanol–water partition coefficient (Wildman–Crippen LogP) is 2.47. The zero-order valence-corrected chi connectivity index (χ0v) is 13.4. The first-order chi connectivity index (χ1) is 8.99. The van der Waals surface area contributed by atoms with Crippen LogP contribution in [-0.2, 0) is 0 Å². The van der Waals surface area contributed by atoms with E-state index in [2.05, 4.69) is 49.6 Å². The molecule has 3 nitrogen and oxygen atoms in total. The van der Waals surface area contributed by atoms with Gasteiger partial charge in [-0.1, -0.05) is 0 Å². The van der Waals surface area contributed by atoms with E-state index in [1.54, 1.807) is 0 Å². The largest absolute Gasteiger partial charge is 0.326 e. The van der Waals surface area contributed by atoms with Gasteiger partial charge >= 0.3 is 0 Å². The van der Waals surface area contributed by atoms with E-state index in [1.165, 1.54) is 9.75 Å². The maximum Gasteiger partial charge on any atom is 0.0591 e. The van der Waals surface area contributed by atoms with Crippen molar-refractivity contribution in [3.63, 3.8) is 0 Å². The number of nitrogens with zero attached hydrogens (tertiary/aromatic N) is 2. The molecule has 4 heteroatoms. The van der Waals surface area contributed by atoms with Crippen LogP contribution in [0, 0.1) is 6.92 Å². The van der Waals surface area contributed by atoms with Crippen LogP contribution < -0.4 is 5.73 Å². The number of piperazine rings is 1. The van der Waals surface area contributed by atoms with Gasteiger partial charge in [0, 0.05) is 48.0 Å². The van der Waals surface area contributed by atoms with Crippen molar-refractivity contribution >= 4 is 11.3 Å². The van der Waals surface area contributed by atoms with Crippen LogP contribution in [0.25, 0.3) is 0 Å². The van der Waals surface area contributed by atoms with Gasteiger partial charge < -0.3 is 5.73 Å². The minimum Gasteiger partial charge on any atom is -0.326 e. The summed E-state index contributed by atoms with van der Waals surface area (Å²) in [5.74, 6) is 0. The molecule has 2 heterocycles. The van der Waals surface area contributed by atoms with Crippen molar-refractivity contribution in [1.29, 1.82) is 0 Å². The zero-order valence-electron chi connectivity index (χ0n) is 12.6. The summed E-state index contributed by atoms with van der Waals surface area (Å²) >= 11 is 1.89. The third kappa shape index (κ3) is 3.57. The smallest absolute Gasteiger partial charge is 0.0591 e. The van der Waals surface area contributed by atoms with Gasteiger partial charge in [0.2, 0.25) is 0 Å². The maximum absolute atomic E-state index is 6.25. The highest BCUT2D eigenvalue weighted by molar-refractivity contribution is 7.12. The summed E-state index contributed by atoms with van der Waals surface area (Å²) in [4.78, 5) is 7.91. The van der Waals surface area contributed by atoms with E-state index in [9.17, 15) is 0 Å². The van der Waals surface area contributed by atoms with Crippen molar-refractivity contribution in [2.24, 2.45) is 5.73 Å². The molecule has 108 valence electrons. The van der Waals surface area contributed by atoms with Crippen molar-refractivity contribution in [2.45, 2.75) is 45.8 Å². The molecule has 1 aromatic rings. The van der Waals surface area contributed by atoms with Crippen LogP contribution in [0.3, 0.4) is 0 Å². The van der Waals surface area contributed by atoms with Crippen molar-refractivity contribution in [2.75, 3.05) is 26.2 Å². The van der Waals surface area contributed by atoms with Gasteiger partial charge in [-0.15, -0.1) is 11.3 Å². The molecule has 2 unspecified atom stereocenters. The predicted molar refractivity (Wildman–Crippen MR) is 83.7 cm³/mol. The van der Waals surface area contributed by atoms with Crippen molar-refractivity contribution in [3.05, 3.63) is 21.9 Å². The Labute approximate surface area is 121 Å². The third-order valence-corrected chi connectivity index (χ3v) is 5.09. The fourth-order valence-electron chi connectivity index (χ4n) is 2.92. The van der Waals surface area contributed by atoms with Gasteiger partial charge in [0.15, 0.2) is 0 Å². The number of thiophene rings is 1. The Morgan fingerprint density at radius 2 is 1.63 bits per heavy atom. The summed E-state index contributed by atoms with van der Waals surface area (Å²) in [7, 11) is 0. The normalized spacial score (nSPS) is 21.8. The third-order valence-electron chi connectivity index (χ3n) is 4.02. The Morgan fingerprint density at radius 3 is 2.05 bits per heavy atom. The highest BCUT2D eigenvalue weighted by Crippen LogP contribution is 2.30. The van der Waals surface area contributed by atoms with Crippen LogP contribution >= 0.6 is 11.3 Å². The van der Waals surface area contributed by atoms with Gasteiger partial charge in [-0.05, 0) is 39.8 Å². The number of nitrogens with two attached hydrogens (primary N) is 1. The summed E-state index contributed by atoms with van der Waals surface area (Å²) in [6.45, 7) is 13.4. The molecule has 0 aliphatic carbocycles. The molecule has 0 spiro atoms. The lowest BCUT2D eigenvalue weighted by Crippen LogP contribution is -2.52. The summed E-state index contributed by atoms with van der Waals surface area (Å²) in [6, 6.07) is 5.68. The average molecular weight is 281 g/mol. The number of rotatable bonds is 4. The molecule has 1 aliphatic heterocycles. The number of hydrogen-bond donors (Lipinski definition) is 1. The fraction of sp³-hybridized carbons (Fsp3) is 0.733. The minimum absolute atomic E-state index is 0.184. The Morgan fingerprint density at radius 1 is 1.05 bits per heavy atom. The summed E-state index contributed by atoms with van der Waals surface area (Å²) in [6.07, 6.45) is 0. The molecule has 0 radical (unpaired) electrons. The summed E-state index contributed by atoms with van der Waals surface area (Å²) in [5, 5.41) is 0. The Kier molecular flexibility index (Phi) is 5.01. The van der Waals surface area contributed by atoms with Gasteiger partial charge in [0.05, 0.1) is 6.04 Å². The lowest BCUT2D eigenvalue weighted by Gasteiger charge is -2.41. The molecule has 0 aromatic carbocycles. The molecule has 1 saturated heterocycles. The van der Waals surface area contributed by atoms with Gasteiger partial charge in [-0.3, -0.25) is 9.80 Å². The lowest BCUT2D eigenvalue weighted by molar-refractivity contribution is 0.0717. The minimum atomic E-state index is 0.184. The van der Waals surface area contributed by atoms with Crippen LogP contribution in [-0.4, -0.2) is 48.1 Å². The fourth-order valence-corrected chi connectivity index (χ4v) is 4.04. The van der Waals surface area contributed by atoms with Crippen molar-refractivity contribution < 1.29 is 0 Å². The second-order valence-electron chi connectivity index (χ2n) is 5.92. The van der Waals surface area contributed by atoms with Crippen LogP contribution in [0.5, 0.6) is 0 Å². The molecule has 0 amide bonds. The molecule has 2 N–H and O–H groups in total. The monoisotopic (exact) mass is 281 g/mol. The van der Waals surface area contributed by atoms with E-state index >= 15 is 0 Å². The van der Waals surface area contributed by atoms with Gasteiger partial charge in [-0.2, -0.15) is 0 Å². The molecule has 1 fully saturated rings. The van der Waals surface area contributed by atoms with Crippen LogP contribution in [0.2, 0.25) is 0 Å². The quantitative estimate of drug-likeness (QED) is 0.920. The highest BCUT2D eigenvalue weighted by Gasteiger charge is 2.29. The van der Waals surface area contributed by atoms with Crippen LogP contribution in [0.4, 0.5) is 0 Å². The van der Waals surface area contributed by atoms with E-state index in [4.69, 9.17) is 5.73 Å². The first-order valence-corrected chi connectivity index (χ1v) is 8.10. The molecule has 19 heavy (non-hydrogen) atoms. The van der Waals surface area contributed by atoms with Gasteiger partial charge in [0.1, 0.15) is 0 Å².